The minimum Gasteiger partial charge on any atom is -0.493 e. The highest BCUT2D eigenvalue weighted by atomic mass is 19.1. The van der Waals surface area contributed by atoms with Crippen LogP contribution in [0.5, 0.6) is 17.2 Å². The van der Waals surface area contributed by atoms with E-state index in [1.54, 1.807) is 39.5 Å². The van der Waals surface area contributed by atoms with Gasteiger partial charge in [-0.1, -0.05) is 12.1 Å². The zero-order valence-corrected chi connectivity index (χ0v) is 19.9. The molecule has 34 heavy (non-hydrogen) atoms. The van der Waals surface area contributed by atoms with Crippen molar-refractivity contribution in [2.24, 2.45) is 0 Å². The number of rotatable bonds is 6. The molecule has 0 bridgehead atoms. The first-order valence-corrected chi connectivity index (χ1v) is 11.4. The van der Waals surface area contributed by atoms with Crippen molar-refractivity contribution < 1.29 is 23.0 Å². The number of nitrogens with zero attached hydrogens (tertiary/aromatic N) is 1. The van der Waals surface area contributed by atoms with Gasteiger partial charge in [0, 0.05) is 24.5 Å². The summed E-state index contributed by atoms with van der Waals surface area (Å²) in [6.07, 6.45) is 0.933. The van der Waals surface area contributed by atoms with E-state index >= 15 is 0 Å². The van der Waals surface area contributed by atoms with Gasteiger partial charge < -0.3 is 18.6 Å². The van der Waals surface area contributed by atoms with Crippen LogP contribution in [0, 0.1) is 5.82 Å². The predicted molar refractivity (Wildman–Crippen MR) is 130 cm³/mol. The highest BCUT2D eigenvalue weighted by Crippen LogP contribution is 2.40. The number of hydrogen-bond donors (Lipinski definition) is 0. The van der Waals surface area contributed by atoms with E-state index in [1.165, 1.54) is 17.2 Å². The number of methoxy groups -OCH3 is 3. The molecule has 0 aliphatic carbocycles. The maximum absolute atomic E-state index is 14.3. The van der Waals surface area contributed by atoms with E-state index in [0.717, 1.165) is 42.0 Å². The average Bonchev–Trinajstić information content (AvgIpc) is 3.28. The van der Waals surface area contributed by atoms with Gasteiger partial charge in [-0.3, -0.25) is 4.90 Å². The summed E-state index contributed by atoms with van der Waals surface area (Å²) >= 11 is 0. The molecular formula is C28H28FNO4. The van der Waals surface area contributed by atoms with Crippen molar-refractivity contribution in [2.45, 2.75) is 25.9 Å². The topological polar surface area (TPSA) is 44.1 Å². The molecule has 1 unspecified atom stereocenters. The fourth-order valence-electron chi connectivity index (χ4n) is 4.86. The van der Waals surface area contributed by atoms with E-state index in [1.807, 2.05) is 12.1 Å². The molecule has 1 aliphatic heterocycles. The Morgan fingerprint density at radius 1 is 0.941 bits per heavy atom. The van der Waals surface area contributed by atoms with Crippen LogP contribution in [0.1, 0.15) is 29.7 Å². The monoisotopic (exact) mass is 461 g/mol. The molecule has 2 heterocycles. The summed E-state index contributed by atoms with van der Waals surface area (Å²) in [6, 6.07) is 17.0. The van der Waals surface area contributed by atoms with Crippen LogP contribution in [0.15, 0.2) is 59.0 Å². The third-order valence-corrected chi connectivity index (χ3v) is 6.70. The van der Waals surface area contributed by atoms with Crippen molar-refractivity contribution in [2.75, 3.05) is 27.9 Å². The fraction of sp³-hybridized carbons (Fsp3) is 0.286. The van der Waals surface area contributed by atoms with Crippen LogP contribution in [-0.2, 0) is 13.0 Å². The summed E-state index contributed by atoms with van der Waals surface area (Å²) in [5.41, 5.74) is 4.72. The second kappa shape index (κ2) is 9.03. The minimum atomic E-state index is -0.311. The van der Waals surface area contributed by atoms with Gasteiger partial charge in [0.15, 0.2) is 22.8 Å². The van der Waals surface area contributed by atoms with Gasteiger partial charge in [-0.2, -0.15) is 0 Å². The van der Waals surface area contributed by atoms with Crippen LogP contribution >= 0.6 is 0 Å². The van der Waals surface area contributed by atoms with Crippen LogP contribution in [0.3, 0.4) is 0 Å². The Balaban J connectivity index is 1.47. The van der Waals surface area contributed by atoms with Gasteiger partial charge in [0.05, 0.1) is 26.9 Å². The van der Waals surface area contributed by atoms with E-state index in [2.05, 4.69) is 30.0 Å². The zero-order chi connectivity index (χ0) is 23.8. The molecular weight excluding hydrogens is 433 g/mol. The molecule has 0 fully saturated rings. The average molecular weight is 462 g/mol. The van der Waals surface area contributed by atoms with Crippen molar-refractivity contribution in [3.8, 4) is 28.6 Å². The first-order chi connectivity index (χ1) is 16.5. The van der Waals surface area contributed by atoms with Crippen LogP contribution in [0.25, 0.3) is 22.3 Å². The second-order valence-corrected chi connectivity index (χ2v) is 8.61. The van der Waals surface area contributed by atoms with Crippen LogP contribution < -0.4 is 14.2 Å². The van der Waals surface area contributed by atoms with Crippen molar-refractivity contribution in [3.05, 3.63) is 77.1 Å². The first kappa shape index (κ1) is 22.3. The van der Waals surface area contributed by atoms with E-state index in [-0.39, 0.29) is 11.9 Å². The Morgan fingerprint density at radius 2 is 1.68 bits per heavy atom. The van der Waals surface area contributed by atoms with E-state index < -0.39 is 0 Å². The SMILES string of the molecule is COc1cc2c(cc1OC)C(C)N(Cc1cc(OC)c3oc(-c4ccccc4F)cc3c1)CC2. The van der Waals surface area contributed by atoms with Gasteiger partial charge in [-0.25, -0.2) is 4.39 Å². The predicted octanol–water partition coefficient (Wildman–Crippen LogP) is 6.38. The summed E-state index contributed by atoms with van der Waals surface area (Å²) in [6.45, 7) is 3.89. The summed E-state index contributed by atoms with van der Waals surface area (Å²) in [4.78, 5) is 2.44. The van der Waals surface area contributed by atoms with Crippen LogP contribution in [0.4, 0.5) is 4.39 Å². The Labute approximate surface area is 198 Å². The van der Waals surface area contributed by atoms with Crippen LogP contribution in [0.2, 0.25) is 0 Å². The minimum absolute atomic E-state index is 0.212. The van der Waals surface area contributed by atoms with Gasteiger partial charge in [-0.15, -0.1) is 0 Å². The van der Waals surface area contributed by atoms with Gasteiger partial charge in [0.1, 0.15) is 11.6 Å². The standard InChI is InChI=1S/C28H28FNO4/c1-17-22-15-26(32-3)25(31-2)13-19(22)9-10-30(17)16-18-11-20-14-24(21-7-5-6-8-23(21)29)34-28(20)27(12-18)33-4/h5-8,11-15,17H,9-10,16H2,1-4H3. The molecule has 1 aliphatic rings. The maximum Gasteiger partial charge on any atom is 0.176 e. The lowest BCUT2D eigenvalue weighted by Gasteiger charge is -2.35. The van der Waals surface area contributed by atoms with E-state index in [0.29, 0.717) is 22.7 Å². The largest absolute Gasteiger partial charge is 0.493 e. The fourth-order valence-corrected chi connectivity index (χ4v) is 4.86. The third kappa shape index (κ3) is 3.88. The molecule has 0 N–H and O–H groups in total. The maximum atomic E-state index is 14.3. The van der Waals surface area contributed by atoms with Crippen molar-refractivity contribution in [3.63, 3.8) is 0 Å². The Kier molecular flexibility index (Phi) is 5.92. The normalized spacial score (nSPS) is 15.9. The van der Waals surface area contributed by atoms with Crippen molar-refractivity contribution in [1.29, 1.82) is 0 Å². The number of fused-ring (bicyclic) bond motifs is 2. The molecule has 0 spiro atoms. The van der Waals surface area contributed by atoms with Gasteiger partial charge >= 0.3 is 0 Å². The summed E-state index contributed by atoms with van der Waals surface area (Å²) in [5.74, 6) is 2.34. The van der Waals surface area contributed by atoms with Gasteiger partial charge in [0.25, 0.3) is 0 Å². The molecule has 5 rings (SSSR count). The summed E-state index contributed by atoms with van der Waals surface area (Å²) < 4.78 is 37.0. The summed E-state index contributed by atoms with van der Waals surface area (Å²) in [5, 5.41) is 0.893. The molecule has 176 valence electrons. The lowest BCUT2D eigenvalue weighted by atomic mass is 9.92. The Bertz CT molecular complexity index is 1350. The van der Waals surface area contributed by atoms with Crippen LogP contribution in [-0.4, -0.2) is 32.8 Å². The Morgan fingerprint density at radius 3 is 2.41 bits per heavy atom. The molecule has 0 saturated heterocycles. The molecule has 1 aromatic heterocycles. The Hall–Kier alpha value is -3.51. The number of hydrogen-bond acceptors (Lipinski definition) is 5. The number of halogens is 1. The number of furan rings is 1. The number of ether oxygens (including phenoxy) is 3. The lowest BCUT2D eigenvalue weighted by Crippen LogP contribution is -2.33. The van der Waals surface area contributed by atoms with Gasteiger partial charge in [-0.05, 0) is 72.5 Å². The highest BCUT2D eigenvalue weighted by molar-refractivity contribution is 5.88. The molecule has 3 aromatic carbocycles. The lowest BCUT2D eigenvalue weighted by molar-refractivity contribution is 0.188. The van der Waals surface area contributed by atoms with Gasteiger partial charge in [0.2, 0.25) is 0 Å². The van der Waals surface area contributed by atoms with E-state index in [9.17, 15) is 4.39 Å². The van der Waals surface area contributed by atoms with Crippen molar-refractivity contribution >= 4 is 11.0 Å². The molecule has 0 amide bonds. The highest BCUT2D eigenvalue weighted by Gasteiger charge is 2.26. The smallest absolute Gasteiger partial charge is 0.176 e. The number of benzene rings is 3. The molecule has 5 nitrogen and oxygen atoms in total. The molecule has 4 aromatic rings. The first-order valence-electron chi connectivity index (χ1n) is 11.4. The van der Waals surface area contributed by atoms with E-state index in [4.69, 9.17) is 18.6 Å². The summed E-state index contributed by atoms with van der Waals surface area (Å²) in [7, 11) is 4.96. The molecule has 6 heteroatoms. The molecule has 0 radical (unpaired) electrons. The second-order valence-electron chi connectivity index (χ2n) is 8.61. The third-order valence-electron chi connectivity index (χ3n) is 6.70. The molecule has 0 saturated carbocycles. The quantitative estimate of drug-likeness (QED) is 0.333. The molecule has 1 atom stereocenters. The van der Waals surface area contributed by atoms with Crippen molar-refractivity contribution in [1.82, 2.24) is 4.90 Å². The zero-order valence-electron chi connectivity index (χ0n) is 19.9.